The maximum absolute atomic E-state index is 9.85. The molecule has 0 amide bonds. The lowest BCUT2D eigenvalue weighted by Gasteiger charge is -2.16. The zero-order valence-electron chi connectivity index (χ0n) is 7.78. The maximum atomic E-state index is 9.85. The van der Waals surface area contributed by atoms with Gasteiger partial charge in [-0.15, -0.1) is 11.3 Å². The van der Waals surface area contributed by atoms with E-state index < -0.39 is 0 Å². The van der Waals surface area contributed by atoms with E-state index in [2.05, 4.69) is 0 Å². The molecule has 4 heteroatoms. The van der Waals surface area contributed by atoms with Gasteiger partial charge in [0, 0.05) is 17.9 Å². The molecule has 1 N–H and O–H groups in total. The summed E-state index contributed by atoms with van der Waals surface area (Å²) in [5.74, 6) is 0. The summed E-state index contributed by atoms with van der Waals surface area (Å²) in [5, 5.41) is 9.85. The lowest BCUT2D eigenvalue weighted by molar-refractivity contribution is -0.000398. The third-order valence-electron chi connectivity index (χ3n) is 2.43. The average molecular weight is 233 g/mol. The van der Waals surface area contributed by atoms with Gasteiger partial charge in [0.2, 0.25) is 0 Å². The summed E-state index contributed by atoms with van der Waals surface area (Å²) >= 11 is 7.33. The van der Waals surface area contributed by atoms with Gasteiger partial charge in [0.25, 0.3) is 0 Å². The number of aliphatic hydroxyl groups is 1. The minimum Gasteiger partial charge on any atom is -0.390 e. The number of hydrogen-bond acceptors (Lipinski definition) is 3. The first-order valence-corrected chi connectivity index (χ1v) is 5.99. The zero-order valence-corrected chi connectivity index (χ0v) is 9.35. The Labute approximate surface area is 92.5 Å². The van der Waals surface area contributed by atoms with E-state index in [0.29, 0.717) is 6.42 Å². The molecule has 1 aliphatic rings. The highest BCUT2D eigenvalue weighted by Crippen LogP contribution is 2.25. The van der Waals surface area contributed by atoms with E-state index in [1.54, 1.807) is 0 Å². The van der Waals surface area contributed by atoms with Crippen molar-refractivity contribution in [1.82, 2.24) is 0 Å². The summed E-state index contributed by atoms with van der Waals surface area (Å²) in [5.41, 5.74) is 0. The molecule has 1 fully saturated rings. The first-order valence-electron chi connectivity index (χ1n) is 4.79. The molecule has 78 valence electrons. The number of aliphatic hydroxyl groups excluding tert-OH is 1. The summed E-state index contributed by atoms with van der Waals surface area (Å²) in [7, 11) is 0. The average Bonchev–Trinajstić information content (AvgIpc) is 2.75. The van der Waals surface area contributed by atoms with Crippen molar-refractivity contribution >= 4 is 22.9 Å². The Hall–Kier alpha value is -0.0900. The second-order valence-electron chi connectivity index (χ2n) is 3.53. The molecule has 1 aliphatic heterocycles. The van der Waals surface area contributed by atoms with E-state index in [1.165, 1.54) is 11.3 Å². The monoisotopic (exact) mass is 232 g/mol. The van der Waals surface area contributed by atoms with E-state index >= 15 is 0 Å². The lowest BCUT2D eigenvalue weighted by atomic mass is 10.1. The van der Waals surface area contributed by atoms with Gasteiger partial charge in [0.05, 0.1) is 16.5 Å². The van der Waals surface area contributed by atoms with Gasteiger partial charge in [-0.3, -0.25) is 0 Å². The Balaban J connectivity index is 1.90. The normalized spacial score (nSPS) is 24.0. The van der Waals surface area contributed by atoms with Crippen LogP contribution in [0, 0.1) is 0 Å². The minimum absolute atomic E-state index is 0.0240. The highest BCUT2D eigenvalue weighted by Gasteiger charge is 2.24. The molecule has 2 atom stereocenters. The van der Waals surface area contributed by atoms with Crippen molar-refractivity contribution in [2.45, 2.75) is 31.5 Å². The summed E-state index contributed by atoms with van der Waals surface area (Å²) in [4.78, 5) is 1.12. The highest BCUT2D eigenvalue weighted by atomic mass is 35.5. The van der Waals surface area contributed by atoms with Crippen molar-refractivity contribution in [3.8, 4) is 0 Å². The highest BCUT2D eigenvalue weighted by molar-refractivity contribution is 7.16. The van der Waals surface area contributed by atoms with E-state index in [-0.39, 0.29) is 12.2 Å². The van der Waals surface area contributed by atoms with Crippen molar-refractivity contribution in [3.63, 3.8) is 0 Å². The number of halogens is 1. The third kappa shape index (κ3) is 2.48. The predicted octanol–water partition coefficient (Wildman–Crippen LogP) is 2.48. The molecule has 0 spiro atoms. The molecule has 1 aromatic rings. The van der Waals surface area contributed by atoms with Crippen LogP contribution < -0.4 is 0 Å². The first-order chi connectivity index (χ1) is 6.75. The molecule has 0 radical (unpaired) electrons. The topological polar surface area (TPSA) is 29.5 Å². The largest absolute Gasteiger partial charge is 0.390 e. The summed E-state index contributed by atoms with van der Waals surface area (Å²) in [6.45, 7) is 0.785. The van der Waals surface area contributed by atoms with Gasteiger partial charge in [-0.2, -0.15) is 0 Å². The van der Waals surface area contributed by atoms with Gasteiger partial charge >= 0.3 is 0 Å². The van der Waals surface area contributed by atoms with E-state index in [0.717, 1.165) is 28.7 Å². The van der Waals surface area contributed by atoms with Gasteiger partial charge in [-0.05, 0) is 25.0 Å². The first kappa shape index (κ1) is 10.4. The van der Waals surface area contributed by atoms with Gasteiger partial charge in [-0.25, -0.2) is 0 Å². The van der Waals surface area contributed by atoms with Crippen LogP contribution in [-0.4, -0.2) is 23.9 Å². The van der Waals surface area contributed by atoms with Crippen molar-refractivity contribution in [3.05, 3.63) is 21.3 Å². The molecule has 0 saturated carbocycles. The molecule has 0 aromatic carbocycles. The number of ether oxygens (including phenoxy) is 1. The second-order valence-corrected chi connectivity index (χ2v) is 5.33. The predicted molar refractivity (Wildman–Crippen MR) is 58.0 cm³/mol. The van der Waals surface area contributed by atoms with E-state index in [4.69, 9.17) is 16.3 Å². The summed E-state index contributed by atoms with van der Waals surface area (Å²) in [6, 6.07) is 3.83. The van der Waals surface area contributed by atoms with Gasteiger partial charge < -0.3 is 9.84 Å². The number of hydrogen-bond donors (Lipinski definition) is 1. The summed E-state index contributed by atoms with van der Waals surface area (Å²) in [6.07, 6.45) is 2.33. The van der Waals surface area contributed by atoms with E-state index in [9.17, 15) is 5.11 Å². The van der Waals surface area contributed by atoms with Crippen LogP contribution in [0.15, 0.2) is 12.1 Å². The van der Waals surface area contributed by atoms with Gasteiger partial charge in [0.15, 0.2) is 0 Å². The Kier molecular flexibility index (Phi) is 3.44. The molecule has 1 saturated heterocycles. The molecule has 1 aromatic heterocycles. The Bertz CT molecular complexity index is 294. The Morgan fingerprint density at radius 3 is 3.07 bits per heavy atom. The molecular weight excluding hydrogens is 220 g/mol. The van der Waals surface area contributed by atoms with Crippen LogP contribution in [0.25, 0.3) is 0 Å². The molecular formula is C10H13ClO2S. The molecule has 2 rings (SSSR count). The number of rotatable bonds is 3. The van der Waals surface area contributed by atoms with Crippen LogP contribution in [0.3, 0.4) is 0 Å². The smallest absolute Gasteiger partial charge is 0.0931 e. The van der Waals surface area contributed by atoms with Crippen LogP contribution in [0.4, 0.5) is 0 Å². The summed E-state index contributed by atoms with van der Waals surface area (Å²) < 4.78 is 6.19. The van der Waals surface area contributed by atoms with Crippen molar-refractivity contribution in [2.24, 2.45) is 0 Å². The fourth-order valence-electron chi connectivity index (χ4n) is 1.71. The Morgan fingerprint density at radius 2 is 2.50 bits per heavy atom. The van der Waals surface area contributed by atoms with Crippen LogP contribution in [0.2, 0.25) is 4.34 Å². The van der Waals surface area contributed by atoms with Crippen molar-refractivity contribution < 1.29 is 9.84 Å². The van der Waals surface area contributed by atoms with E-state index in [1.807, 2.05) is 12.1 Å². The standard InChI is InChI=1S/C10H13ClO2S/c11-10-4-3-7(14-10)6-8(12)9-2-1-5-13-9/h3-4,8-9,12H,1-2,5-6H2. The molecule has 0 bridgehead atoms. The van der Waals surface area contributed by atoms with Crippen LogP contribution in [0.5, 0.6) is 0 Å². The molecule has 2 unspecified atom stereocenters. The SMILES string of the molecule is OC(Cc1ccc(Cl)s1)C1CCCO1. The fourth-order valence-corrected chi connectivity index (χ4v) is 2.84. The van der Waals surface area contributed by atoms with Crippen molar-refractivity contribution in [1.29, 1.82) is 0 Å². The fraction of sp³-hybridized carbons (Fsp3) is 0.600. The van der Waals surface area contributed by atoms with Crippen molar-refractivity contribution in [2.75, 3.05) is 6.61 Å². The second kappa shape index (κ2) is 4.62. The Morgan fingerprint density at radius 1 is 1.64 bits per heavy atom. The van der Waals surface area contributed by atoms with Crippen LogP contribution in [0.1, 0.15) is 17.7 Å². The van der Waals surface area contributed by atoms with Crippen LogP contribution in [-0.2, 0) is 11.2 Å². The molecule has 14 heavy (non-hydrogen) atoms. The van der Waals surface area contributed by atoms with Gasteiger partial charge in [-0.1, -0.05) is 11.6 Å². The molecule has 0 aliphatic carbocycles. The maximum Gasteiger partial charge on any atom is 0.0931 e. The zero-order chi connectivity index (χ0) is 9.97. The van der Waals surface area contributed by atoms with Gasteiger partial charge in [0.1, 0.15) is 0 Å². The number of thiophene rings is 1. The minimum atomic E-state index is -0.382. The molecule has 2 heterocycles. The molecule has 2 nitrogen and oxygen atoms in total. The van der Waals surface area contributed by atoms with Crippen LogP contribution >= 0.6 is 22.9 Å². The quantitative estimate of drug-likeness (QED) is 0.868. The lowest BCUT2D eigenvalue weighted by Crippen LogP contribution is -2.26. The third-order valence-corrected chi connectivity index (χ3v) is 3.69.